The Balaban J connectivity index is 1.88. The highest BCUT2D eigenvalue weighted by Crippen LogP contribution is 2.20. The number of benzene rings is 2. The van der Waals surface area contributed by atoms with Gasteiger partial charge < -0.3 is 0 Å². The highest BCUT2D eigenvalue weighted by Gasteiger charge is 2.15. The van der Waals surface area contributed by atoms with Crippen molar-refractivity contribution in [1.29, 1.82) is 0 Å². The second-order valence-corrected chi connectivity index (χ2v) is 8.79. The SMILES string of the molecule is CC(C)c1ccc(S(=O)(=O)NNC(=O)CSc2ccc(Cl)cc2)cc1. The molecule has 0 heterocycles. The van der Waals surface area contributed by atoms with Crippen LogP contribution < -0.4 is 10.3 Å². The second-order valence-electron chi connectivity index (χ2n) is 5.62. The minimum absolute atomic E-state index is 0.0798. The number of nitrogens with one attached hydrogen (secondary N) is 2. The Kier molecular flexibility index (Phi) is 6.89. The van der Waals surface area contributed by atoms with E-state index in [0.29, 0.717) is 10.9 Å². The van der Waals surface area contributed by atoms with Gasteiger partial charge in [-0.3, -0.25) is 10.2 Å². The molecule has 8 heteroatoms. The highest BCUT2D eigenvalue weighted by molar-refractivity contribution is 8.00. The van der Waals surface area contributed by atoms with Gasteiger partial charge in [0.25, 0.3) is 10.0 Å². The molecule has 2 aromatic rings. The summed E-state index contributed by atoms with van der Waals surface area (Å²) in [4.78, 5) is 14.9. The third-order valence-electron chi connectivity index (χ3n) is 3.37. The molecule has 2 N–H and O–H groups in total. The largest absolute Gasteiger partial charge is 0.277 e. The van der Waals surface area contributed by atoms with Crippen LogP contribution in [0.25, 0.3) is 0 Å². The Labute approximate surface area is 157 Å². The molecule has 0 unspecified atom stereocenters. The van der Waals surface area contributed by atoms with Crippen LogP contribution in [0, 0.1) is 0 Å². The lowest BCUT2D eigenvalue weighted by Crippen LogP contribution is -2.42. The molecule has 0 spiro atoms. The maximum atomic E-state index is 12.2. The van der Waals surface area contributed by atoms with E-state index in [1.54, 1.807) is 36.4 Å². The number of hydrogen-bond donors (Lipinski definition) is 2. The number of carbonyl (C=O) groups excluding carboxylic acids is 1. The van der Waals surface area contributed by atoms with E-state index in [-0.39, 0.29) is 10.6 Å². The molecular weight excluding hydrogens is 380 g/mol. The Hall–Kier alpha value is -1.54. The van der Waals surface area contributed by atoms with E-state index in [4.69, 9.17) is 11.6 Å². The van der Waals surface area contributed by atoms with Crippen LogP contribution in [0.2, 0.25) is 5.02 Å². The number of hydrogen-bond acceptors (Lipinski definition) is 4. The summed E-state index contributed by atoms with van der Waals surface area (Å²) in [7, 11) is -3.80. The highest BCUT2D eigenvalue weighted by atomic mass is 35.5. The lowest BCUT2D eigenvalue weighted by Gasteiger charge is -2.10. The van der Waals surface area contributed by atoms with Crippen molar-refractivity contribution in [2.45, 2.75) is 29.6 Å². The summed E-state index contributed by atoms with van der Waals surface area (Å²) in [6.07, 6.45) is 0. The molecule has 0 fully saturated rings. The zero-order valence-electron chi connectivity index (χ0n) is 13.8. The number of amides is 1. The van der Waals surface area contributed by atoms with E-state index in [2.05, 4.69) is 10.3 Å². The molecule has 0 aliphatic rings. The molecule has 0 aromatic heterocycles. The molecule has 5 nitrogen and oxygen atoms in total. The van der Waals surface area contributed by atoms with Crippen LogP contribution in [-0.2, 0) is 14.8 Å². The van der Waals surface area contributed by atoms with Gasteiger partial charge in [-0.05, 0) is 47.9 Å². The molecule has 0 saturated carbocycles. The van der Waals surface area contributed by atoms with Gasteiger partial charge in [0.1, 0.15) is 0 Å². The smallest absolute Gasteiger partial charge is 0.257 e. The molecule has 2 aromatic carbocycles. The van der Waals surface area contributed by atoms with Gasteiger partial charge in [0.05, 0.1) is 10.6 Å². The standard InChI is InChI=1S/C17H19ClN2O3S2/c1-12(2)13-3-9-16(10-4-13)25(22,23)20-19-17(21)11-24-15-7-5-14(18)6-8-15/h3-10,12,20H,11H2,1-2H3,(H,19,21). The number of hydrazine groups is 1. The zero-order valence-corrected chi connectivity index (χ0v) is 16.2. The number of halogens is 1. The van der Waals surface area contributed by atoms with Crippen molar-refractivity contribution in [1.82, 2.24) is 10.3 Å². The third-order valence-corrected chi connectivity index (χ3v) is 5.89. The molecule has 0 aliphatic heterocycles. The molecule has 0 atom stereocenters. The normalized spacial score (nSPS) is 11.5. The van der Waals surface area contributed by atoms with E-state index in [1.807, 2.05) is 13.8 Å². The summed E-state index contributed by atoms with van der Waals surface area (Å²) in [5, 5.41) is 0.616. The van der Waals surface area contributed by atoms with Gasteiger partial charge in [0.2, 0.25) is 5.91 Å². The molecule has 1 amide bonds. The van der Waals surface area contributed by atoms with Gasteiger partial charge in [0, 0.05) is 9.92 Å². The maximum Gasteiger partial charge on any atom is 0.257 e. The summed E-state index contributed by atoms with van der Waals surface area (Å²) in [5.74, 6) is -0.0483. The fourth-order valence-corrected chi connectivity index (χ4v) is 3.62. The van der Waals surface area contributed by atoms with Crippen LogP contribution in [0.5, 0.6) is 0 Å². The first-order valence-corrected chi connectivity index (χ1v) is 10.4. The van der Waals surface area contributed by atoms with Gasteiger partial charge in [0.15, 0.2) is 0 Å². The summed E-state index contributed by atoms with van der Waals surface area (Å²) in [5.41, 5.74) is 3.26. The van der Waals surface area contributed by atoms with Gasteiger partial charge >= 0.3 is 0 Å². The van der Waals surface area contributed by atoms with Gasteiger partial charge in [-0.2, -0.15) is 0 Å². The predicted octanol–water partition coefficient (Wildman–Crippen LogP) is 3.57. The molecule has 0 bridgehead atoms. The van der Waals surface area contributed by atoms with E-state index >= 15 is 0 Å². The van der Waals surface area contributed by atoms with Crippen molar-refractivity contribution in [2.24, 2.45) is 0 Å². The Morgan fingerprint density at radius 1 is 1.08 bits per heavy atom. The fourth-order valence-electron chi connectivity index (χ4n) is 1.93. The molecule has 25 heavy (non-hydrogen) atoms. The third kappa shape index (κ3) is 6.04. The van der Waals surface area contributed by atoms with Gasteiger partial charge in [-0.1, -0.05) is 37.6 Å². The number of rotatable bonds is 7. The molecule has 134 valence electrons. The average Bonchev–Trinajstić information content (AvgIpc) is 2.59. The Morgan fingerprint density at radius 3 is 2.24 bits per heavy atom. The first-order chi connectivity index (χ1) is 11.8. The van der Waals surface area contributed by atoms with Crippen LogP contribution in [-0.4, -0.2) is 20.1 Å². The van der Waals surface area contributed by atoms with Crippen molar-refractivity contribution in [3.8, 4) is 0 Å². The minimum atomic E-state index is -3.80. The number of sulfonamides is 1. The molecular formula is C17H19ClN2O3S2. The molecule has 0 aliphatic carbocycles. The predicted molar refractivity (Wildman–Crippen MR) is 101 cm³/mol. The summed E-state index contributed by atoms with van der Waals surface area (Å²) >= 11 is 7.08. The van der Waals surface area contributed by atoms with Gasteiger partial charge in [-0.15, -0.1) is 16.6 Å². The van der Waals surface area contributed by atoms with Crippen LogP contribution in [0.3, 0.4) is 0 Å². The summed E-state index contributed by atoms with van der Waals surface area (Å²) < 4.78 is 24.4. The topological polar surface area (TPSA) is 75.3 Å². The van der Waals surface area contributed by atoms with Crippen LogP contribution in [0.4, 0.5) is 0 Å². The van der Waals surface area contributed by atoms with Crippen molar-refractivity contribution >= 4 is 39.3 Å². The molecule has 0 radical (unpaired) electrons. The van der Waals surface area contributed by atoms with Gasteiger partial charge in [-0.25, -0.2) is 8.42 Å². The lowest BCUT2D eigenvalue weighted by molar-refractivity contribution is -0.119. The Morgan fingerprint density at radius 2 is 1.68 bits per heavy atom. The van der Waals surface area contributed by atoms with E-state index in [0.717, 1.165) is 10.5 Å². The quantitative estimate of drug-likeness (QED) is 0.552. The summed E-state index contributed by atoms with van der Waals surface area (Å²) in [6.45, 7) is 4.06. The second kappa shape index (κ2) is 8.71. The zero-order chi connectivity index (χ0) is 18.4. The van der Waals surface area contributed by atoms with Crippen molar-refractivity contribution < 1.29 is 13.2 Å². The first kappa shape index (κ1) is 19.8. The molecule has 2 rings (SSSR count). The lowest BCUT2D eigenvalue weighted by atomic mass is 10.0. The molecule has 0 saturated heterocycles. The number of carbonyl (C=O) groups is 1. The van der Waals surface area contributed by atoms with Crippen molar-refractivity contribution in [2.75, 3.05) is 5.75 Å². The minimum Gasteiger partial charge on any atom is -0.277 e. The maximum absolute atomic E-state index is 12.2. The van der Waals surface area contributed by atoms with E-state index in [9.17, 15) is 13.2 Å². The van der Waals surface area contributed by atoms with Crippen molar-refractivity contribution in [3.63, 3.8) is 0 Å². The van der Waals surface area contributed by atoms with E-state index < -0.39 is 15.9 Å². The van der Waals surface area contributed by atoms with Crippen LogP contribution in [0.1, 0.15) is 25.3 Å². The Bertz CT molecular complexity index is 820. The van der Waals surface area contributed by atoms with Crippen LogP contribution >= 0.6 is 23.4 Å². The summed E-state index contributed by atoms with van der Waals surface area (Å²) in [6, 6.07) is 13.6. The van der Waals surface area contributed by atoms with Crippen molar-refractivity contribution in [3.05, 3.63) is 59.1 Å². The average molecular weight is 399 g/mol. The monoisotopic (exact) mass is 398 g/mol. The van der Waals surface area contributed by atoms with E-state index in [1.165, 1.54) is 23.9 Å². The number of thioether (sulfide) groups is 1. The fraction of sp³-hybridized carbons (Fsp3) is 0.235. The van der Waals surface area contributed by atoms with Crippen LogP contribution in [0.15, 0.2) is 58.3 Å². The first-order valence-electron chi connectivity index (χ1n) is 7.57.